The number of nitrogens with one attached hydrogen (secondary N) is 1. The number of carbonyl (C=O) groups is 1. The summed E-state index contributed by atoms with van der Waals surface area (Å²) in [5.74, 6) is 1.23. The van der Waals surface area contributed by atoms with Gasteiger partial charge in [0, 0.05) is 37.1 Å². The third-order valence-corrected chi connectivity index (χ3v) is 4.18. The molecular weight excluding hydrogens is 318 g/mol. The van der Waals surface area contributed by atoms with Crippen LogP contribution in [-0.4, -0.2) is 35.4 Å². The van der Waals surface area contributed by atoms with E-state index < -0.39 is 0 Å². The Morgan fingerprint density at radius 2 is 2.15 bits per heavy atom. The number of aromatic nitrogens is 1. The van der Waals surface area contributed by atoms with Crippen LogP contribution >= 0.6 is 15.9 Å². The van der Waals surface area contributed by atoms with Crippen LogP contribution in [0.2, 0.25) is 0 Å². The largest absolute Gasteiger partial charge is 0.356 e. The van der Waals surface area contributed by atoms with Gasteiger partial charge in [0.25, 0.3) is 0 Å². The molecule has 0 aliphatic carbocycles. The number of unbranched alkanes of at least 4 members (excludes halogenated alkanes) is 1. The Labute approximate surface area is 129 Å². The second kappa shape index (κ2) is 8.25. The number of hydrogen-bond acceptors (Lipinski definition) is 3. The molecule has 0 bridgehead atoms. The van der Waals surface area contributed by atoms with Crippen molar-refractivity contribution in [2.45, 2.75) is 38.1 Å². The Morgan fingerprint density at radius 3 is 2.80 bits per heavy atom. The van der Waals surface area contributed by atoms with Crippen LogP contribution in [0, 0.1) is 0 Å². The third-order valence-electron chi connectivity index (χ3n) is 3.62. The number of rotatable bonds is 6. The fraction of sp³-hybridized carbons (Fsp3) is 0.600. The summed E-state index contributed by atoms with van der Waals surface area (Å²) in [6.45, 7) is 1.92. The first-order valence-corrected chi connectivity index (χ1v) is 8.43. The van der Waals surface area contributed by atoms with Crippen molar-refractivity contribution in [1.82, 2.24) is 10.3 Å². The highest BCUT2D eigenvalue weighted by Gasteiger charge is 2.21. The minimum Gasteiger partial charge on any atom is -0.356 e. The molecule has 4 nitrogen and oxygen atoms in total. The molecule has 0 spiro atoms. The Morgan fingerprint density at radius 1 is 1.35 bits per heavy atom. The molecule has 5 heteroatoms. The maximum absolute atomic E-state index is 11.8. The lowest BCUT2D eigenvalue weighted by Crippen LogP contribution is -2.44. The first kappa shape index (κ1) is 15.3. The number of hydrogen-bond donors (Lipinski definition) is 1. The highest BCUT2D eigenvalue weighted by Crippen LogP contribution is 2.17. The maximum atomic E-state index is 11.8. The molecule has 0 atom stereocenters. The Hall–Kier alpha value is -1.10. The van der Waals surface area contributed by atoms with Gasteiger partial charge >= 0.3 is 0 Å². The van der Waals surface area contributed by atoms with Crippen molar-refractivity contribution in [3.05, 3.63) is 24.4 Å². The summed E-state index contributed by atoms with van der Waals surface area (Å²) >= 11 is 3.38. The molecule has 1 aromatic rings. The lowest BCUT2D eigenvalue weighted by molar-refractivity contribution is -0.122. The number of nitrogens with zero attached hydrogens (tertiary/aromatic N) is 2. The summed E-state index contributed by atoms with van der Waals surface area (Å²) in [5, 5.41) is 4.12. The average molecular weight is 340 g/mol. The predicted molar refractivity (Wildman–Crippen MR) is 85.3 cm³/mol. The van der Waals surface area contributed by atoms with Crippen molar-refractivity contribution in [2.24, 2.45) is 0 Å². The average Bonchev–Trinajstić information content (AvgIpc) is 2.49. The number of carbonyl (C=O) groups excluding carboxylic acids is 1. The van der Waals surface area contributed by atoms with E-state index in [2.05, 4.69) is 31.1 Å². The molecular formula is C15H22BrN3O. The van der Waals surface area contributed by atoms with E-state index in [1.807, 2.05) is 24.4 Å². The van der Waals surface area contributed by atoms with Crippen LogP contribution in [0.1, 0.15) is 32.1 Å². The Balaban J connectivity index is 1.70. The van der Waals surface area contributed by atoms with Gasteiger partial charge in [-0.2, -0.15) is 0 Å². The first-order chi connectivity index (χ1) is 9.79. The molecule has 1 aliphatic heterocycles. The normalized spacial score (nSPS) is 16.1. The minimum atomic E-state index is 0.197. The zero-order chi connectivity index (χ0) is 14.2. The quantitative estimate of drug-likeness (QED) is 0.640. The maximum Gasteiger partial charge on any atom is 0.220 e. The zero-order valence-electron chi connectivity index (χ0n) is 11.7. The van der Waals surface area contributed by atoms with Gasteiger partial charge in [-0.05, 0) is 37.8 Å². The van der Waals surface area contributed by atoms with E-state index in [4.69, 9.17) is 0 Å². The molecule has 2 rings (SSSR count). The van der Waals surface area contributed by atoms with Gasteiger partial charge in [-0.25, -0.2) is 4.98 Å². The van der Waals surface area contributed by atoms with Gasteiger partial charge in [0.1, 0.15) is 5.82 Å². The summed E-state index contributed by atoms with van der Waals surface area (Å²) < 4.78 is 0. The van der Waals surface area contributed by atoms with Gasteiger partial charge in [0.15, 0.2) is 0 Å². The molecule has 1 N–H and O–H groups in total. The van der Waals surface area contributed by atoms with Gasteiger partial charge in [0.05, 0.1) is 0 Å². The molecule has 1 saturated heterocycles. The number of alkyl halides is 1. The molecule has 110 valence electrons. The summed E-state index contributed by atoms with van der Waals surface area (Å²) in [6.07, 6.45) is 6.50. The van der Waals surface area contributed by atoms with Crippen molar-refractivity contribution in [1.29, 1.82) is 0 Å². The van der Waals surface area contributed by atoms with E-state index >= 15 is 0 Å². The standard InChI is InChI=1S/C15H22BrN3O/c16-9-3-1-6-15(20)18-13-7-11-19(12-8-13)14-5-2-4-10-17-14/h2,4-5,10,13H,1,3,6-9,11-12H2,(H,18,20). The molecule has 1 aromatic heterocycles. The van der Waals surface area contributed by atoms with Crippen LogP contribution in [0.5, 0.6) is 0 Å². The molecule has 1 amide bonds. The van der Waals surface area contributed by atoms with Crippen molar-refractivity contribution in [3.8, 4) is 0 Å². The number of halogens is 1. The molecule has 0 unspecified atom stereocenters. The number of amides is 1. The smallest absolute Gasteiger partial charge is 0.220 e. The summed E-state index contributed by atoms with van der Waals surface area (Å²) in [6, 6.07) is 6.31. The summed E-state index contributed by atoms with van der Waals surface area (Å²) in [5.41, 5.74) is 0. The second-order valence-electron chi connectivity index (χ2n) is 5.16. The predicted octanol–water partition coefficient (Wildman–Crippen LogP) is 2.73. The minimum absolute atomic E-state index is 0.197. The Bertz CT molecular complexity index is 405. The van der Waals surface area contributed by atoms with Gasteiger partial charge in [-0.15, -0.1) is 0 Å². The van der Waals surface area contributed by atoms with Crippen LogP contribution in [0.15, 0.2) is 24.4 Å². The zero-order valence-corrected chi connectivity index (χ0v) is 13.3. The van der Waals surface area contributed by atoms with E-state index in [0.717, 1.165) is 49.9 Å². The number of anilines is 1. The van der Waals surface area contributed by atoms with Crippen molar-refractivity contribution >= 4 is 27.7 Å². The van der Waals surface area contributed by atoms with Gasteiger partial charge < -0.3 is 10.2 Å². The van der Waals surface area contributed by atoms with E-state index in [1.165, 1.54) is 0 Å². The molecule has 0 radical (unpaired) electrons. The molecule has 0 saturated carbocycles. The summed E-state index contributed by atoms with van der Waals surface area (Å²) in [7, 11) is 0. The van der Waals surface area contributed by atoms with Crippen molar-refractivity contribution in [3.63, 3.8) is 0 Å². The second-order valence-corrected chi connectivity index (χ2v) is 5.96. The van der Waals surface area contributed by atoms with Crippen LogP contribution in [-0.2, 0) is 4.79 Å². The van der Waals surface area contributed by atoms with Crippen LogP contribution in [0.25, 0.3) is 0 Å². The molecule has 1 aliphatic rings. The molecule has 2 heterocycles. The van der Waals surface area contributed by atoms with E-state index in [-0.39, 0.29) is 5.91 Å². The monoisotopic (exact) mass is 339 g/mol. The highest BCUT2D eigenvalue weighted by atomic mass is 79.9. The number of pyridine rings is 1. The Kier molecular flexibility index (Phi) is 6.30. The molecule has 1 fully saturated rings. The molecule has 0 aromatic carbocycles. The molecule has 20 heavy (non-hydrogen) atoms. The van der Waals surface area contributed by atoms with E-state index in [1.54, 1.807) is 0 Å². The third kappa shape index (κ3) is 4.78. The van der Waals surface area contributed by atoms with E-state index in [0.29, 0.717) is 12.5 Å². The SMILES string of the molecule is O=C(CCCCBr)NC1CCN(c2ccccn2)CC1. The number of piperidine rings is 1. The van der Waals surface area contributed by atoms with Crippen molar-refractivity contribution in [2.75, 3.05) is 23.3 Å². The van der Waals surface area contributed by atoms with Crippen LogP contribution < -0.4 is 10.2 Å². The van der Waals surface area contributed by atoms with E-state index in [9.17, 15) is 4.79 Å². The fourth-order valence-electron chi connectivity index (χ4n) is 2.47. The van der Waals surface area contributed by atoms with Gasteiger partial charge in [-0.3, -0.25) is 4.79 Å². The lowest BCUT2D eigenvalue weighted by Gasteiger charge is -2.33. The van der Waals surface area contributed by atoms with Crippen molar-refractivity contribution < 1.29 is 4.79 Å². The van der Waals surface area contributed by atoms with Crippen LogP contribution in [0.4, 0.5) is 5.82 Å². The van der Waals surface area contributed by atoms with Gasteiger partial charge in [-0.1, -0.05) is 22.0 Å². The fourth-order valence-corrected chi connectivity index (χ4v) is 2.87. The highest BCUT2D eigenvalue weighted by molar-refractivity contribution is 9.09. The lowest BCUT2D eigenvalue weighted by atomic mass is 10.0. The topological polar surface area (TPSA) is 45.2 Å². The van der Waals surface area contributed by atoms with Gasteiger partial charge in [0.2, 0.25) is 5.91 Å². The van der Waals surface area contributed by atoms with Crippen LogP contribution in [0.3, 0.4) is 0 Å². The summed E-state index contributed by atoms with van der Waals surface area (Å²) in [4.78, 5) is 18.4. The first-order valence-electron chi connectivity index (χ1n) is 7.31.